The van der Waals surface area contributed by atoms with Gasteiger partial charge in [-0.15, -0.1) is 0 Å². The molecule has 0 aromatic heterocycles. The van der Waals surface area contributed by atoms with Gasteiger partial charge in [0.05, 0.1) is 21.1 Å². The van der Waals surface area contributed by atoms with Crippen LogP contribution < -0.4 is 0 Å². The number of hydrogen-bond donors (Lipinski definition) is 0. The lowest BCUT2D eigenvalue weighted by Crippen LogP contribution is -2.40. The van der Waals surface area contributed by atoms with Crippen LogP contribution in [0.2, 0.25) is 0 Å². The van der Waals surface area contributed by atoms with Gasteiger partial charge in [-0.1, -0.05) is 17.7 Å². The van der Waals surface area contributed by atoms with Crippen molar-refractivity contribution < 1.29 is 4.48 Å². The third kappa shape index (κ3) is 3.55. The number of rotatable bonds is 2. The van der Waals surface area contributed by atoms with E-state index in [9.17, 15) is 0 Å². The molecule has 0 bridgehead atoms. The minimum atomic E-state index is 0.0926. The zero-order chi connectivity index (χ0) is 7.49. The van der Waals surface area contributed by atoms with E-state index < -0.39 is 0 Å². The van der Waals surface area contributed by atoms with Gasteiger partial charge in [0.2, 0.25) is 0 Å². The Morgan fingerprint density at radius 2 is 1.78 bits per heavy atom. The molecule has 0 aliphatic rings. The molecule has 0 heterocycles. The van der Waals surface area contributed by atoms with Crippen LogP contribution in [0.4, 0.5) is 0 Å². The lowest BCUT2D eigenvalue weighted by atomic mass is 10.4. The maximum Gasteiger partial charge on any atom is 0.183 e. The average molecular weight is 149 g/mol. The minimum absolute atomic E-state index is 0.0926. The van der Waals surface area contributed by atoms with Crippen molar-refractivity contribution >= 4 is 11.6 Å². The summed E-state index contributed by atoms with van der Waals surface area (Å²) in [5.74, 6) is 0. The monoisotopic (exact) mass is 148 g/mol. The van der Waals surface area contributed by atoms with Crippen molar-refractivity contribution in [2.45, 2.75) is 12.4 Å². The Hall–Kier alpha value is -0.0100. The number of halogens is 1. The van der Waals surface area contributed by atoms with Gasteiger partial charge < -0.3 is 4.48 Å². The van der Waals surface area contributed by atoms with Crippen molar-refractivity contribution in [1.82, 2.24) is 0 Å². The smallest absolute Gasteiger partial charge is 0.183 e. The van der Waals surface area contributed by atoms with Crippen LogP contribution in [0.3, 0.4) is 0 Å². The van der Waals surface area contributed by atoms with E-state index in [4.69, 9.17) is 11.6 Å². The van der Waals surface area contributed by atoms with Crippen molar-refractivity contribution in [3.63, 3.8) is 0 Å². The molecule has 0 amide bonds. The van der Waals surface area contributed by atoms with E-state index in [2.05, 4.69) is 21.1 Å². The molecule has 54 valence electrons. The summed E-state index contributed by atoms with van der Waals surface area (Å²) in [6.45, 7) is 1.98. The Morgan fingerprint density at radius 3 is 1.89 bits per heavy atom. The van der Waals surface area contributed by atoms with Gasteiger partial charge >= 0.3 is 0 Å². The minimum Gasteiger partial charge on any atom is -0.312 e. The van der Waals surface area contributed by atoms with Crippen molar-refractivity contribution in [2.24, 2.45) is 0 Å². The molecule has 0 rings (SSSR count). The maximum absolute atomic E-state index is 5.94. The Labute approximate surface area is 62.5 Å². The van der Waals surface area contributed by atoms with Crippen LogP contribution in [0.5, 0.6) is 0 Å². The zero-order valence-electron chi connectivity index (χ0n) is 6.56. The maximum atomic E-state index is 5.94. The van der Waals surface area contributed by atoms with Gasteiger partial charge in [0.25, 0.3) is 0 Å². The van der Waals surface area contributed by atoms with Crippen molar-refractivity contribution in [2.75, 3.05) is 21.1 Å². The van der Waals surface area contributed by atoms with Gasteiger partial charge in [-0.25, -0.2) is 0 Å². The van der Waals surface area contributed by atoms with Crippen molar-refractivity contribution in [3.8, 4) is 0 Å². The Bertz CT molecular complexity index is 102. The van der Waals surface area contributed by atoms with Gasteiger partial charge in [-0.05, 0) is 13.0 Å². The first-order valence-electron chi connectivity index (χ1n) is 3.06. The SMILES string of the molecule is C/C=C/C(Cl)[N+](C)(C)C. The summed E-state index contributed by atoms with van der Waals surface area (Å²) in [6, 6.07) is 0. The van der Waals surface area contributed by atoms with E-state index in [0.29, 0.717) is 0 Å². The highest BCUT2D eigenvalue weighted by Crippen LogP contribution is 2.08. The van der Waals surface area contributed by atoms with Gasteiger partial charge in [-0.2, -0.15) is 0 Å². The molecule has 0 aliphatic heterocycles. The first-order valence-corrected chi connectivity index (χ1v) is 3.50. The fourth-order valence-corrected chi connectivity index (χ4v) is 0.562. The number of allylic oxidation sites excluding steroid dienone is 1. The van der Waals surface area contributed by atoms with Crippen molar-refractivity contribution in [3.05, 3.63) is 12.2 Å². The number of alkyl halides is 1. The summed E-state index contributed by atoms with van der Waals surface area (Å²) in [5, 5.41) is 0. The number of hydrogen-bond acceptors (Lipinski definition) is 0. The quantitative estimate of drug-likeness (QED) is 0.243. The second-order valence-electron chi connectivity index (χ2n) is 3.01. The lowest BCUT2D eigenvalue weighted by Gasteiger charge is -2.27. The van der Waals surface area contributed by atoms with E-state index in [1.165, 1.54) is 0 Å². The number of nitrogens with zero attached hydrogens (tertiary/aromatic N) is 1. The summed E-state index contributed by atoms with van der Waals surface area (Å²) in [5.41, 5.74) is 0.0926. The number of quaternary nitrogens is 1. The fraction of sp³-hybridized carbons (Fsp3) is 0.714. The second-order valence-corrected chi connectivity index (χ2v) is 3.46. The van der Waals surface area contributed by atoms with Crippen LogP contribution in [0.1, 0.15) is 6.92 Å². The predicted molar refractivity (Wildman–Crippen MR) is 42.5 cm³/mol. The average Bonchev–Trinajstić information content (AvgIpc) is 1.64. The Balaban J connectivity index is 3.88. The molecule has 0 N–H and O–H groups in total. The summed E-state index contributed by atoms with van der Waals surface area (Å²) in [6.07, 6.45) is 3.96. The van der Waals surface area contributed by atoms with Gasteiger partial charge in [0.1, 0.15) is 0 Å². The van der Waals surface area contributed by atoms with Gasteiger partial charge in [-0.3, -0.25) is 0 Å². The highest BCUT2D eigenvalue weighted by Gasteiger charge is 2.15. The standard InChI is InChI=1S/C7H15ClN/c1-5-6-7(8)9(2,3)4/h5-7H,1-4H3/q+1/b6-5+. The highest BCUT2D eigenvalue weighted by atomic mass is 35.5. The van der Waals surface area contributed by atoms with Crippen LogP contribution in [-0.2, 0) is 0 Å². The molecule has 0 fully saturated rings. The first kappa shape index (κ1) is 8.99. The van der Waals surface area contributed by atoms with Gasteiger partial charge in [0.15, 0.2) is 5.50 Å². The third-order valence-corrected chi connectivity index (χ3v) is 1.82. The van der Waals surface area contributed by atoms with E-state index in [1.54, 1.807) is 0 Å². The fourth-order valence-electron chi connectivity index (χ4n) is 0.417. The molecular weight excluding hydrogens is 134 g/mol. The van der Waals surface area contributed by atoms with E-state index in [0.717, 1.165) is 4.48 Å². The van der Waals surface area contributed by atoms with Crippen molar-refractivity contribution in [1.29, 1.82) is 0 Å². The van der Waals surface area contributed by atoms with Crippen LogP contribution >= 0.6 is 11.6 Å². The predicted octanol–water partition coefficient (Wildman–Crippen LogP) is 1.83. The summed E-state index contributed by atoms with van der Waals surface area (Å²) in [4.78, 5) is 0. The molecule has 0 saturated carbocycles. The molecule has 0 aromatic rings. The number of likely N-dealkylation sites (N-methyl/N-ethyl adjacent to an activating group) is 1. The largest absolute Gasteiger partial charge is 0.312 e. The molecule has 0 aromatic carbocycles. The second kappa shape index (κ2) is 3.23. The molecule has 1 unspecified atom stereocenters. The first-order chi connectivity index (χ1) is 3.98. The molecule has 1 atom stereocenters. The van der Waals surface area contributed by atoms with E-state index in [1.807, 2.05) is 19.1 Å². The highest BCUT2D eigenvalue weighted by molar-refractivity contribution is 6.20. The van der Waals surface area contributed by atoms with Crippen LogP contribution in [-0.4, -0.2) is 31.1 Å². The summed E-state index contributed by atoms with van der Waals surface area (Å²) >= 11 is 5.94. The normalized spacial score (nSPS) is 16.6. The Kier molecular flexibility index (Phi) is 3.23. The molecule has 0 aliphatic carbocycles. The lowest BCUT2D eigenvalue weighted by molar-refractivity contribution is -0.876. The molecule has 0 radical (unpaired) electrons. The summed E-state index contributed by atoms with van der Waals surface area (Å²) < 4.78 is 0.770. The molecule has 0 spiro atoms. The van der Waals surface area contributed by atoms with E-state index >= 15 is 0 Å². The molecular formula is C7H15ClN+. The van der Waals surface area contributed by atoms with Gasteiger partial charge in [0, 0.05) is 0 Å². The molecule has 0 saturated heterocycles. The molecule has 9 heavy (non-hydrogen) atoms. The summed E-state index contributed by atoms with van der Waals surface area (Å²) in [7, 11) is 6.20. The third-order valence-electron chi connectivity index (χ3n) is 1.09. The Morgan fingerprint density at radius 1 is 1.33 bits per heavy atom. The van der Waals surface area contributed by atoms with Crippen LogP contribution in [0.15, 0.2) is 12.2 Å². The van der Waals surface area contributed by atoms with Crippen LogP contribution in [0, 0.1) is 0 Å². The molecule has 2 heteroatoms. The van der Waals surface area contributed by atoms with Crippen LogP contribution in [0.25, 0.3) is 0 Å². The molecule has 1 nitrogen and oxygen atoms in total. The zero-order valence-corrected chi connectivity index (χ0v) is 7.31. The topological polar surface area (TPSA) is 0 Å². The van der Waals surface area contributed by atoms with E-state index in [-0.39, 0.29) is 5.50 Å².